The number of rotatable bonds is 7. The fourth-order valence-corrected chi connectivity index (χ4v) is 0.538. The Morgan fingerprint density at radius 1 is 1.40 bits per heavy atom. The molecule has 0 saturated carbocycles. The quantitative estimate of drug-likeness (QED) is 0.309. The average molecular weight is 143 g/mol. The van der Waals surface area contributed by atoms with Crippen LogP contribution in [0.3, 0.4) is 0 Å². The van der Waals surface area contributed by atoms with Crippen molar-refractivity contribution in [1.29, 1.82) is 0 Å². The molecule has 0 aliphatic heterocycles. The van der Waals surface area contributed by atoms with Gasteiger partial charge in [0.2, 0.25) is 0 Å². The molecule has 2 nitrogen and oxygen atoms in total. The van der Waals surface area contributed by atoms with Gasteiger partial charge in [-0.3, -0.25) is 0 Å². The van der Waals surface area contributed by atoms with Gasteiger partial charge in [-0.05, 0) is 6.42 Å². The fraction of sp³-hybridized carbons (Fsp3) is 0.625. The van der Waals surface area contributed by atoms with E-state index in [1.807, 2.05) is 0 Å². The lowest BCUT2D eigenvalue weighted by Crippen LogP contribution is -1.92. The fourth-order valence-electron chi connectivity index (χ4n) is 0.538. The highest BCUT2D eigenvalue weighted by Crippen LogP contribution is 1.95. The van der Waals surface area contributed by atoms with E-state index in [9.17, 15) is 0 Å². The first-order valence-electron chi connectivity index (χ1n) is 3.64. The topological polar surface area (TPSA) is 18.5 Å². The van der Waals surface area contributed by atoms with E-state index in [0.717, 1.165) is 6.42 Å². The van der Waals surface area contributed by atoms with Gasteiger partial charge < -0.3 is 0 Å². The van der Waals surface area contributed by atoms with E-state index in [1.165, 1.54) is 19.4 Å². The smallest absolute Gasteiger partial charge is 0.144 e. The largest absolute Gasteiger partial charge is 0.236 e. The van der Waals surface area contributed by atoms with Crippen LogP contribution >= 0.6 is 0 Å². The molecule has 10 heavy (non-hydrogen) atoms. The molecule has 0 aliphatic rings. The predicted molar refractivity (Wildman–Crippen MR) is 41.1 cm³/mol. The van der Waals surface area contributed by atoms with Gasteiger partial charge in [-0.1, -0.05) is 25.8 Å². The molecule has 59 valence electrons. The lowest BCUT2D eigenvalue weighted by Gasteiger charge is -1.98. The van der Waals surface area contributed by atoms with Crippen molar-refractivity contribution in [1.82, 2.24) is 0 Å². The van der Waals surface area contributed by atoms with Gasteiger partial charge in [0.15, 0.2) is 0 Å². The molecule has 0 unspecified atom stereocenters. The first-order chi connectivity index (χ1) is 4.91. The number of hydrogen-bond donors (Lipinski definition) is 0. The Morgan fingerprint density at radius 3 is 2.80 bits per heavy atom. The molecule has 0 amide bonds. The molecule has 0 aliphatic carbocycles. The van der Waals surface area contributed by atoms with Crippen LogP contribution in [0.5, 0.6) is 0 Å². The Bertz CT molecular complexity index is 71.7. The molecular formula is C8H15O2. The second-order valence-electron chi connectivity index (χ2n) is 2.00. The highest BCUT2D eigenvalue weighted by Gasteiger charge is 1.86. The van der Waals surface area contributed by atoms with E-state index in [1.54, 1.807) is 6.08 Å². The van der Waals surface area contributed by atoms with E-state index < -0.39 is 0 Å². The van der Waals surface area contributed by atoms with E-state index >= 15 is 0 Å². The molecule has 0 heterocycles. The summed E-state index contributed by atoms with van der Waals surface area (Å²) in [5.41, 5.74) is 0. The zero-order valence-electron chi connectivity index (χ0n) is 6.51. The SMILES string of the molecule is C=C[CH]OOCCCCC. The zero-order valence-corrected chi connectivity index (χ0v) is 6.51. The second kappa shape index (κ2) is 8.66. The van der Waals surface area contributed by atoms with Crippen LogP contribution in [-0.2, 0) is 9.78 Å². The lowest BCUT2D eigenvalue weighted by molar-refractivity contribution is -0.263. The van der Waals surface area contributed by atoms with E-state index in [-0.39, 0.29) is 0 Å². The van der Waals surface area contributed by atoms with Crippen molar-refractivity contribution in [2.75, 3.05) is 6.61 Å². The van der Waals surface area contributed by atoms with Crippen LogP contribution in [0.4, 0.5) is 0 Å². The maximum atomic E-state index is 4.75. The minimum atomic E-state index is 0.665. The van der Waals surface area contributed by atoms with Gasteiger partial charge in [0.25, 0.3) is 0 Å². The molecule has 2 heteroatoms. The van der Waals surface area contributed by atoms with Crippen LogP contribution in [0, 0.1) is 6.61 Å². The summed E-state index contributed by atoms with van der Waals surface area (Å²) in [6, 6.07) is 0. The van der Waals surface area contributed by atoms with Gasteiger partial charge in [-0.2, -0.15) is 0 Å². The minimum Gasteiger partial charge on any atom is -0.236 e. The summed E-state index contributed by atoms with van der Waals surface area (Å²) in [4.78, 5) is 9.34. The van der Waals surface area contributed by atoms with Crippen LogP contribution in [-0.4, -0.2) is 6.61 Å². The number of hydrogen-bond acceptors (Lipinski definition) is 2. The van der Waals surface area contributed by atoms with E-state index in [4.69, 9.17) is 4.89 Å². The molecule has 1 radical (unpaired) electrons. The molecule has 0 atom stereocenters. The van der Waals surface area contributed by atoms with Crippen molar-refractivity contribution in [3.63, 3.8) is 0 Å². The summed E-state index contributed by atoms with van der Waals surface area (Å²) in [6.07, 6.45) is 4.99. The predicted octanol–water partition coefficient (Wildman–Crippen LogP) is 2.47. The van der Waals surface area contributed by atoms with E-state index in [0.29, 0.717) is 6.61 Å². The normalized spacial score (nSPS) is 9.70. The van der Waals surface area contributed by atoms with Crippen LogP contribution in [0.2, 0.25) is 0 Å². The molecule has 0 rings (SSSR count). The second-order valence-corrected chi connectivity index (χ2v) is 2.00. The molecular weight excluding hydrogens is 128 g/mol. The third-order valence-corrected chi connectivity index (χ3v) is 1.05. The van der Waals surface area contributed by atoms with Gasteiger partial charge in [0, 0.05) is 0 Å². The number of unbranched alkanes of at least 4 members (excludes halogenated alkanes) is 2. The van der Waals surface area contributed by atoms with Crippen molar-refractivity contribution < 1.29 is 9.78 Å². The first-order valence-corrected chi connectivity index (χ1v) is 3.64. The molecule has 0 aromatic rings. The molecule has 0 aromatic carbocycles. The Labute approximate surface area is 62.8 Å². The van der Waals surface area contributed by atoms with Gasteiger partial charge >= 0.3 is 0 Å². The van der Waals surface area contributed by atoms with Crippen LogP contribution < -0.4 is 0 Å². The minimum absolute atomic E-state index is 0.665. The van der Waals surface area contributed by atoms with Crippen LogP contribution in [0.25, 0.3) is 0 Å². The average Bonchev–Trinajstić information content (AvgIpc) is 1.97. The van der Waals surface area contributed by atoms with Crippen LogP contribution in [0.1, 0.15) is 26.2 Å². The Hall–Kier alpha value is -0.340. The molecule has 0 saturated heterocycles. The van der Waals surface area contributed by atoms with Crippen LogP contribution in [0.15, 0.2) is 12.7 Å². The van der Waals surface area contributed by atoms with Gasteiger partial charge in [0.1, 0.15) is 6.61 Å². The van der Waals surface area contributed by atoms with Gasteiger partial charge in [-0.25, -0.2) is 9.78 Å². The monoisotopic (exact) mass is 143 g/mol. The summed E-state index contributed by atoms with van der Waals surface area (Å²) >= 11 is 0. The van der Waals surface area contributed by atoms with Gasteiger partial charge in [0.05, 0.1) is 6.61 Å². The molecule has 0 spiro atoms. The highest BCUT2D eigenvalue weighted by molar-refractivity contribution is 4.75. The maximum Gasteiger partial charge on any atom is 0.144 e. The molecule has 0 aromatic heterocycles. The molecule has 0 fully saturated rings. The Kier molecular flexibility index (Phi) is 8.37. The van der Waals surface area contributed by atoms with E-state index in [2.05, 4.69) is 18.4 Å². The Balaban J connectivity index is 2.70. The van der Waals surface area contributed by atoms with Crippen molar-refractivity contribution >= 4 is 0 Å². The summed E-state index contributed by atoms with van der Waals surface area (Å²) in [6.45, 7) is 7.67. The lowest BCUT2D eigenvalue weighted by atomic mass is 10.3. The summed E-state index contributed by atoms with van der Waals surface area (Å²) in [5.74, 6) is 0. The molecule has 0 N–H and O–H groups in total. The van der Waals surface area contributed by atoms with Crippen molar-refractivity contribution in [2.45, 2.75) is 26.2 Å². The summed E-state index contributed by atoms with van der Waals surface area (Å²) in [7, 11) is 0. The van der Waals surface area contributed by atoms with Crippen molar-refractivity contribution in [2.24, 2.45) is 0 Å². The third-order valence-electron chi connectivity index (χ3n) is 1.05. The van der Waals surface area contributed by atoms with Crippen molar-refractivity contribution in [3.8, 4) is 0 Å². The standard InChI is InChI=1S/C8H15O2/c1-3-5-6-8-10-9-7-4-2/h4,7H,2-3,5-6,8H2,1H3. The summed E-state index contributed by atoms with van der Waals surface area (Å²) in [5, 5.41) is 0. The Morgan fingerprint density at radius 2 is 2.20 bits per heavy atom. The first kappa shape index (κ1) is 9.66. The zero-order chi connectivity index (χ0) is 7.66. The van der Waals surface area contributed by atoms with Gasteiger partial charge in [-0.15, -0.1) is 6.58 Å². The molecule has 0 bridgehead atoms. The summed E-state index contributed by atoms with van der Waals surface area (Å²) < 4.78 is 0. The maximum absolute atomic E-state index is 4.75. The third kappa shape index (κ3) is 7.66. The van der Waals surface area contributed by atoms with Crippen molar-refractivity contribution in [3.05, 3.63) is 19.3 Å². The highest BCUT2D eigenvalue weighted by atomic mass is 17.2.